The van der Waals surface area contributed by atoms with Gasteiger partial charge < -0.3 is 20.3 Å². The van der Waals surface area contributed by atoms with Crippen LogP contribution in [-0.2, 0) is 14.3 Å². The van der Waals surface area contributed by atoms with Crippen LogP contribution < -0.4 is 5.32 Å². The van der Waals surface area contributed by atoms with Crippen LogP contribution in [0.15, 0.2) is 12.2 Å². The highest BCUT2D eigenvalue weighted by Gasteiger charge is 2.18. The third kappa shape index (κ3) is 71.6. The van der Waals surface area contributed by atoms with Gasteiger partial charge in [-0.1, -0.05) is 424 Å². The average molecular weight is 1200 g/mol. The summed E-state index contributed by atoms with van der Waals surface area (Å²) in [5.74, 6) is -0.0368. The first kappa shape index (κ1) is 83.6. The Bertz CT molecular complexity index is 1290. The molecule has 0 aliphatic rings. The number of aliphatic hydroxyl groups excluding tert-OH is 2. The number of nitrogens with one attached hydrogen (secondary N) is 1. The summed E-state index contributed by atoms with van der Waals surface area (Å²) in [6.45, 7) is 4.97. The van der Waals surface area contributed by atoms with Crippen molar-refractivity contribution in [1.82, 2.24) is 5.32 Å². The van der Waals surface area contributed by atoms with E-state index >= 15 is 0 Å². The van der Waals surface area contributed by atoms with Gasteiger partial charge >= 0.3 is 5.97 Å². The van der Waals surface area contributed by atoms with E-state index in [9.17, 15) is 19.8 Å². The molecular weight excluding hydrogens is 1040 g/mol. The topological polar surface area (TPSA) is 95.9 Å². The lowest BCUT2D eigenvalue weighted by atomic mass is 10.0. The van der Waals surface area contributed by atoms with E-state index < -0.39 is 12.1 Å². The zero-order valence-electron chi connectivity index (χ0n) is 58.1. The molecule has 0 saturated heterocycles. The monoisotopic (exact) mass is 1200 g/mol. The summed E-state index contributed by atoms with van der Waals surface area (Å²) in [6.07, 6.45) is 94.7. The van der Waals surface area contributed by atoms with Gasteiger partial charge in [0.1, 0.15) is 0 Å². The minimum absolute atomic E-state index is 0.0226. The second-order valence-corrected chi connectivity index (χ2v) is 27.4. The smallest absolute Gasteiger partial charge is 0.305 e. The molecule has 2 atom stereocenters. The Morgan fingerprint density at radius 1 is 0.318 bits per heavy atom. The number of aliphatic hydroxyl groups is 2. The standard InChI is InChI=1S/C79H155NO5/c1-3-5-7-9-11-13-15-17-19-21-22-23-24-28-31-34-37-40-43-47-51-55-59-63-67-71-77(82)76(75-81)80-78(83)72-68-64-60-56-52-48-44-41-38-35-32-29-26-25-27-30-33-36-39-42-46-50-54-58-62-66-70-74-85-79(84)73-69-65-61-57-53-49-45-20-18-16-14-12-10-8-6-4-2/h67,71,76-77,81-82H,3-66,68-70,72-75H2,1-2H3,(H,80,83)/b71-67+. The molecule has 0 aliphatic carbocycles. The number of hydrogen-bond donors (Lipinski definition) is 3. The quantitative estimate of drug-likeness (QED) is 0.0320. The van der Waals surface area contributed by atoms with Gasteiger partial charge in [0.05, 0.1) is 25.4 Å². The van der Waals surface area contributed by atoms with Crippen LogP contribution in [0.25, 0.3) is 0 Å². The molecular formula is C79H155NO5. The molecule has 0 aromatic carbocycles. The Morgan fingerprint density at radius 2 is 0.541 bits per heavy atom. The number of hydrogen-bond acceptors (Lipinski definition) is 5. The number of allylic oxidation sites excluding steroid dienone is 1. The second kappa shape index (κ2) is 75.1. The predicted octanol–water partition coefficient (Wildman–Crippen LogP) is 25.9. The third-order valence-electron chi connectivity index (χ3n) is 18.8. The first-order chi connectivity index (χ1) is 42.0. The fraction of sp³-hybridized carbons (Fsp3) is 0.949. The normalized spacial score (nSPS) is 12.5. The van der Waals surface area contributed by atoms with E-state index in [1.807, 2.05) is 6.08 Å². The summed E-state index contributed by atoms with van der Waals surface area (Å²) >= 11 is 0. The highest BCUT2D eigenvalue weighted by atomic mass is 16.5. The molecule has 0 saturated carbocycles. The lowest BCUT2D eigenvalue weighted by molar-refractivity contribution is -0.143. The average Bonchev–Trinajstić information content (AvgIpc) is 3.50. The molecule has 0 radical (unpaired) electrons. The summed E-state index contributed by atoms with van der Waals surface area (Å²) in [5, 5.41) is 23.3. The van der Waals surface area contributed by atoms with Crippen LogP contribution in [0.3, 0.4) is 0 Å². The maximum absolute atomic E-state index is 12.6. The van der Waals surface area contributed by atoms with Crippen LogP contribution in [0.2, 0.25) is 0 Å². The fourth-order valence-corrected chi connectivity index (χ4v) is 12.8. The maximum atomic E-state index is 12.6. The summed E-state index contributed by atoms with van der Waals surface area (Å²) in [5.41, 5.74) is 0. The van der Waals surface area contributed by atoms with E-state index in [2.05, 4.69) is 19.2 Å². The van der Waals surface area contributed by atoms with E-state index in [0.29, 0.717) is 19.4 Å². The van der Waals surface area contributed by atoms with Crippen LogP contribution in [-0.4, -0.2) is 47.4 Å². The van der Waals surface area contributed by atoms with Crippen molar-refractivity contribution in [2.75, 3.05) is 13.2 Å². The first-order valence-corrected chi connectivity index (χ1v) is 39.5. The number of rotatable bonds is 75. The zero-order valence-corrected chi connectivity index (χ0v) is 58.1. The largest absolute Gasteiger partial charge is 0.466 e. The summed E-state index contributed by atoms with van der Waals surface area (Å²) in [6, 6.07) is -0.627. The molecule has 0 aromatic rings. The van der Waals surface area contributed by atoms with E-state index in [1.165, 1.54) is 392 Å². The van der Waals surface area contributed by atoms with Gasteiger partial charge in [0.2, 0.25) is 5.91 Å². The molecule has 506 valence electrons. The Kier molecular flexibility index (Phi) is 73.8. The molecule has 0 heterocycles. The highest BCUT2D eigenvalue weighted by molar-refractivity contribution is 5.76. The molecule has 3 N–H and O–H groups in total. The van der Waals surface area contributed by atoms with Gasteiger partial charge in [-0.25, -0.2) is 0 Å². The molecule has 1 amide bonds. The molecule has 85 heavy (non-hydrogen) atoms. The number of carbonyl (C=O) groups excluding carboxylic acids is 2. The lowest BCUT2D eigenvalue weighted by Crippen LogP contribution is -2.45. The Balaban J connectivity index is 3.36. The Labute approximate surface area is 533 Å². The Morgan fingerprint density at radius 3 is 0.800 bits per heavy atom. The number of esters is 1. The predicted molar refractivity (Wildman–Crippen MR) is 375 cm³/mol. The van der Waals surface area contributed by atoms with E-state index in [4.69, 9.17) is 4.74 Å². The van der Waals surface area contributed by atoms with E-state index in [1.54, 1.807) is 6.08 Å². The minimum Gasteiger partial charge on any atom is -0.466 e. The van der Waals surface area contributed by atoms with Crippen molar-refractivity contribution < 1.29 is 24.5 Å². The van der Waals surface area contributed by atoms with Crippen LogP contribution in [0, 0.1) is 0 Å². The molecule has 0 aliphatic heterocycles. The second-order valence-electron chi connectivity index (χ2n) is 27.4. The number of unbranched alkanes of at least 4 members (excludes halogenated alkanes) is 64. The third-order valence-corrected chi connectivity index (χ3v) is 18.8. The number of amides is 1. The van der Waals surface area contributed by atoms with Crippen molar-refractivity contribution in [2.45, 2.75) is 469 Å². The van der Waals surface area contributed by atoms with Crippen molar-refractivity contribution >= 4 is 11.9 Å². The molecule has 0 aromatic heterocycles. The Hall–Kier alpha value is -1.40. The van der Waals surface area contributed by atoms with E-state index in [-0.39, 0.29) is 18.5 Å². The number of carbonyl (C=O) groups is 2. The molecule has 6 heteroatoms. The van der Waals surface area contributed by atoms with Gasteiger partial charge in [-0.05, 0) is 32.1 Å². The molecule has 0 rings (SSSR count). The van der Waals surface area contributed by atoms with Gasteiger partial charge in [0.25, 0.3) is 0 Å². The lowest BCUT2D eigenvalue weighted by Gasteiger charge is -2.20. The molecule has 0 spiro atoms. The van der Waals surface area contributed by atoms with Gasteiger partial charge in [0, 0.05) is 12.8 Å². The van der Waals surface area contributed by atoms with Crippen molar-refractivity contribution in [1.29, 1.82) is 0 Å². The van der Waals surface area contributed by atoms with E-state index in [0.717, 1.165) is 38.5 Å². The van der Waals surface area contributed by atoms with Gasteiger partial charge in [-0.15, -0.1) is 0 Å². The van der Waals surface area contributed by atoms with Crippen molar-refractivity contribution in [3.8, 4) is 0 Å². The van der Waals surface area contributed by atoms with Crippen LogP contribution in [0.5, 0.6) is 0 Å². The van der Waals surface area contributed by atoms with Crippen molar-refractivity contribution in [3.63, 3.8) is 0 Å². The summed E-state index contributed by atoms with van der Waals surface area (Å²) < 4.78 is 5.51. The molecule has 0 bridgehead atoms. The SMILES string of the molecule is CCCCCCCCCCCCCCCCCCCCCCCCC/C=C/C(O)C(CO)NC(=O)CCCCCCCCCCCCCCCCCCCCCCCCCCCCCOC(=O)CCCCCCCCCCCCCCCCCC. The van der Waals surface area contributed by atoms with Gasteiger partial charge in [-0.3, -0.25) is 9.59 Å². The fourth-order valence-electron chi connectivity index (χ4n) is 12.8. The highest BCUT2D eigenvalue weighted by Crippen LogP contribution is 2.20. The minimum atomic E-state index is -0.844. The van der Waals surface area contributed by atoms with Crippen LogP contribution in [0.1, 0.15) is 457 Å². The molecule has 0 fully saturated rings. The zero-order chi connectivity index (χ0) is 61.3. The van der Waals surface area contributed by atoms with Crippen LogP contribution in [0.4, 0.5) is 0 Å². The maximum Gasteiger partial charge on any atom is 0.305 e. The summed E-state index contributed by atoms with van der Waals surface area (Å²) in [7, 11) is 0. The van der Waals surface area contributed by atoms with Crippen LogP contribution >= 0.6 is 0 Å². The van der Waals surface area contributed by atoms with Gasteiger partial charge in [-0.2, -0.15) is 0 Å². The van der Waals surface area contributed by atoms with Crippen molar-refractivity contribution in [3.05, 3.63) is 12.2 Å². The van der Waals surface area contributed by atoms with Crippen molar-refractivity contribution in [2.24, 2.45) is 0 Å². The molecule has 6 nitrogen and oxygen atoms in total. The van der Waals surface area contributed by atoms with Gasteiger partial charge in [0.15, 0.2) is 0 Å². The molecule has 2 unspecified atom stereocenters. The number of ether oxygens (including phenoxy) is 1. The summed E-state index contributed by atoms with van der Waals surface area (Å²) in [4.78, 5) is 24.7. The first-order valence-electron chi connectivity index (χ1n) is 39.5.